The molecule has 0 spiro atoms. The summed E-state index contributed by atoms with van der Waals surface area (Å²) in [6.07, 6.45) is 3.83. The van der Waals surface area contributed by atoms with Crippen LogP contribution in [-0.4, -0.2) is 22.8 Å². The lowest BCUT2D eigenvalue weighted by Crippen LogP contribution is -2.25. The Hall–Kier alpha value is -2.64. The maximum atomic E-state index is 12.8. The molecule has 5 nitrogen and oxygen atoms in total. The summed E-state index contributed by atoms with van der Waals surface area (Å²) >= 11 is 4.81. The summed E-state index contributed by atoms with van der Waals surface area (Å²) in [4.78, 5) is 30.1. The molecule has 1 aromatic heterocycles. The number of aromatic nitrogens is 1. The first-order valence-corrected chi connectivity index (χ1v) is 10.8. The van der Waals surface area contributed by atoms with Crippen LogP contribution < -0.4 is 10.6 Å². The number of carbonyl (C=O) groups is 2. The number of benzene rings is 2. The molecular formula is C22H18BrN3O2S. The van der Waals surface area contributed by atoms with Crippen molar-refractivity contribution in [1.82, 2.24) is 10.3 Å². The average molecular weight is 468 g/mol. The largest absolute Gasteiger partial charge is 0.349 e. The van der Waals surface area contributed by atoms with E-state index in [4.69, 9.17) is 0 Å². The number of carbonyl (C=O) groups excluding carboxylic acids is 2. The molecule has 7 heteroatoms. The highest BCUT2D eigenvalue weighted by atomic mass is 79.9. The smallest absolute Gasteiger partial charge is 0.256 e. The minimum Gasteiger partial charge on any atom is -0.349 e. The normalized spacial score (nSPS) is 13.0. The molecule has 1 fully saturated rings. The molecule has 1 aliphatic carbocycles. The van der Waals surface area contributed by atoms with Crippen molar-refractivity contribution < 1.29 is 9.59 Å². The van der Waals surface area contributed by atoms with Crippen LogP contribution in [0.3, 0.4) is 0 Å². The van der Waals surface area contributed by atoms with Crippen molar-refractivity contribution in [3.63, 3.8) is 0 Å². The van der Waals surface area contributed by atoms with E-state index in [1.54, 1.807) is 36.5 Å². The van der Waals surface area contributed by atoms with Crippen LogP contribution in [0.4, 0.5) is 5.69 Å². The molecule has 0 unspecified atom stereocenters. The summed E-state index contributed by atoms with van der Waals surface area (Å²) in [7, 11) is 0. The molecule has 0 bridgehead atoms. The Morgan fingerprint density at radius 3 is 2.41 bits per heavy atom. The number of halogens is 1. The third-order valence-electron chi connectivity index (χ3n) is 4.36. The maximum absolute atomic E-state index is 12.8. The van der Waals surface area contributed by atoms with Crippen LogP contribution in [0.2, 0.25) is 0 Å². The van der Waals surface area contributed by atoms with Crippen LogP contribution in [0.25, 0.3) is 0 Å². The highest BCUT2D eigenvalue weighted by Gasteiger charge is 2.23. The van der Waals surface area contributed by atoms with Gasteiger partial charge in [-0.25, -0.2) is 4.98 Å². The first-order valence-electron chi connectivity index (χ1n) is 9.19. The van der Waals surface area contributed by atoms with Gasteiger partial charge in [0, 0.05) is 32.9 Å². The quantitative estimate of drug-likeness (QED) is 0.526. The van der Waals surface area contributed by atoms with Crippen LogP contribution in [-0.2, 0) is 0 Å². The van der Waals surface area contributed by atoms with E-state index in [-0.39, 0.29) is 11.8 Å². The van der Waals surface area contributed by atoms with Gasteiger partial charge in [0.15, 0.2) is 0 Å². The Morgan fingerprint density at radius 2 is 1.72 bits per heavy atom. The summed E-state index contributed by atoms with van der Waals surface area (Å²) in [5.41, 5.74) is 1.80. The van der Waals surface area contributed by atoms with Crippen molar-refractivity contribution in [2.24, 2.45) is 0 Å². The van der Waals surface area contributed by atoms with Crippen LogP contribution in [0, 0.1) is 0 Å². The second-order valence-corrected chi connectivity index (χ2v) is 8.67. The Bertz CT molecular complexity index is 1030. The van der Waals surface area contributed by atoms with Gasteiger partial charge in [0.25, 0.3) is 11.8 Å². The molecule has 29 heavy (non-hydrogen) atoms. The highest BCUT2D eigenvalue weighted by molar-refractivity contribution is 9.10. The third kappa shape index (κ3) is 5.25. The van der Waals surface area contributed by atoms with E-state index in [1.807, 2.05) is 30.3 Å². The minimum atomic E-state index is -0.208. The van der Waals surface area contributed by atoms with E-state index in [1.165, 1.54) is 11.8 Å². The molecule has 0 saturated heterocycles. The zero-order chi connectivity index (χ0) is 20.2. The van der Waals surface area contributed by atoms with Gasteiger partial charge >= 0.3 is 0 Å². The zero-order valence-corrected chi connectivity index (χ0v) is 17.8. The van der Waals surface area contributed by atoms with E-state index in [0.29, 0.717) is 22.9 Å². The van der Waals surface area contributed by atoms with Crippen molar-refractivity contribution in [3.05, 3.63) is 82.5 Å². The lowest BCUT2D eigenvalue weighted by molar-refractivity contribution is 0.0950. The van der Waals surface area contributed by atoms with Crippen molar-refractivity contribution in [2.75, 3.05) is 5.32 Å². The Labute approximate surface area is 181 Å². The summed E-state index contributed by atoms with van der Waals surface area (Å²) in [5.74, 6) is -0.283. The van der Waals surface area contributed by atoms with Gasteiger partial charge in [0.2, 0.25) is 0 Å². The SMILES string of the molecule is O=C(NC1CC1)c1ccc(NC(=O)c2ccccc2Sc2ccc(Br)cn2)cc1. The monoisotopic (exact) mass is 467 g/mol. The van der Waals surface area contributed by atoms with Gasteiger partial charge in [0.1, 0.15) is 5.03 Å². The molecule has 0 aliphatic heterocycles. The van der Waals surface area contributed by atoms with Crippen LogP contribution in [0.5, 0.6) is 0 Å². The minimum absolute atomic E-state index is 0.0749. The summed E-state index contributed by atoms with van der Waals surface area (Å²) in [5, 5.41) is 6.66. The molecule has 1 saturated carbocycles. The average Bonchev–Trinajstić information content (AvgIpc) is 3.54. The molecule has 3 aromatic rings. The van der Waals surface area contributed by atoms with Crippen molar-refractivity contribution in [2.45, 2.75) is 28.8 Å². The van der Waals surface area contributed by atoms with Crippen LogP contribution in [0.1, 0.15) is 33.6 Å². The second kappa shape index (κ2) is 8.80. The van der Waals surface area contributed by atoms with Crippen molar-refractivity contribution >= 4 is 45.2 Å². The molecule has 146 valence electrons. The van der Waals surface area contributed by atoms with E-state index in [9.17, 15) is 9.59 Å². The number of rotatable bonds is 6. The maximum Gasteiger partial charge on any atom is 0.256 e. The third-order valence-corrected chi connectivity index (χ3v) is 5.86. The zero-order valence-electron chi connectivity index (χ0n) is 15.4. The fourth-order valence-corrected chi connectivity index (χ4v) is 3.80. The number of nitrogens with zero attached hydrogens (tertiary/aromatic N) is 1. The topological polar surface area (TPSA) is 71.1 Å². The molecule has 2 N–H and O–H groups in total. The molecule has 0 radical (unpaired) electrons. The highest BCUT2D eigenvalue weighted by Crippen LogP contribution is 2.30. The predicted octanol–water partition coefficient (Wildman–Crippen LogP) is 5.14. The van der Waals surface area contributed by atoms with Gasteiger partial charge in [-0.1, -0.05) is 23.9 Å². The van der Waals surface area contributed by atoms with Crippen molar-refractivity contribution in [1.29, 1.82) is 0 Å². The van der Waals surface area contributed by atoms with E-state index >= 15 is 0 Å². The van der Waals surface area contributed by atoms with E-state index in [2.05, 4.69) is 31.5 Å². The molecule has 1 heterocycles. The van der Waals surface area contributed by atoms with E-state index < -0.39 is 0 Å². The fourth-order valence-electron chi connectivity index (χ4n) is 2.68. The second-order valence-electron chi connectivity index (χ2n) is 6.69. The summed E-state index contributed by atoms with van der Waals surface area (Å²) < 4.78 is 0.905. The Balaban J connectivity index is 1.45. The van der Waals surface area contributed by atoms with Gasteiger partial charge in [-0.05, 0) is 77.3 Å². The summed E-state index contributed by atoms with van der Waals surface area (Å²) in [6, 6.07) is 18.5. The summed E-state index contributed by atoms with van der Waals surface area (Å²) in [6.45, 7) is 0. The Kier molecular flexibility index (Phi) is 5.97. The number of pyridine rings is 1. The van der Waals surface area contributed by atoms with Gasteiger partial charge in [0.05, 0.1) is 5.56 Å². The first kappa shape index (κ1) is 19.7. The van der Waals surface area contributed by atoms with Gasteiger partial charge < -0.3 is 10.6 Å². The molecule has 2 aromatic carbocycles. The number of nitrogens with one attached hydrogen (secondary N) is 2. The molecular weight excluding hydrogens is 450 g/mol. The first-order chi connectivity index (χ1) is 14.1. The van der Waals surface area contributed by atoms with Crippen LogP contribution in [0.15, 0.2) is 81.3 Å². The van der Waals surface area contributed by atoms with Gasteiger partial charge in [-0.15, -0.1) is 0 Å². The number of hydrogen-bond acceptors (Lipinski definition) is 4. The van der Waals surface area contributed by atoms with Crippen molar-refractivity contribution in [3.8, 4) is 0 Å². The van der Waals surface area contributed by atoms with Gasteiger partial charge in [-0.2, -0.15) is 0 Å². The van der Waals surface area contributed by atoms with Gasteiger partial charge in [-0.3, -0.25) is 9.59 Å². The number of hydrogen-bond donors (Lipinski definition) is 2. The Morgan fingerprint density at radius 1 is 0.966 bits per heavy atom. The fraction of sp³-hybridized carbons (Fsp3) is 0.136. The molecule has 2 amide bonds. The lowest BCUT2D eigenvalue weighted by atomic mass is 10.1. The number of amides is 2. The standard InChI is InChI=1S/C22H18BrN3O2S/c23-15-7-12-20(24-13-15)29-19-4-2-1-3-18(19)22(28)26-16-8-5-14(6-9-16)21(27)25-17-10-11-17/h1-9,12-13,17H,10-11H2,(H,25,27)(H,26,28). The molecule has 0 atom stereocenters. The number of anilines is 1. The lowest BCUT2D eigenvalue weighted by Gasteiger charge is -2.10. The van der Waals surface area contributed by atoms with E-state index in [0.717, 1.165) is 27.2 Å². The molecule has 1 aliphatic rings. The predicted molar refractivity (Wildman–Crippen MR) is 117 cm³/mol. The van der Waals surface area contributed by atoms with Crippen LogP contribution >= 0.6 is 27.7 Å². The molecule has 4 rings (SSSR count).